The SMILES string of the molecule is CC1(c2cccc(N(c3ccc4c(c3)sc3ccccc34)c3ccc4c(c3)c3ccccc3n4-c3ccccc3)c2)c2ccccc2-c2ccccc21. The zero-order valence-electron chi connectivity index (χ0n) is 29.2. The van der Waals surface area contributed by atoms with E-state index in [0.717, 1.165) is 22.7 Å². The Labute approximate surface area is 312 Å². The van der Waals surface area contributed by atoms with Gasteiger partial charge < -0.3 is 9.47 Å². The second-order valence-corrected chi connectivity index (χ2v) is 15.4. The zero-order chi connectivity index (χ0) is 35.1. The Hall–Kier alpha value is -6.42. The van der Waals surface area contributed by atoms with Crippen molar-refractivity contribution in [2.75, 3.05) is 4.90 Å². The van der Waals surface area contributed by atoms with Crippen molar-refractivity contribution >= 4 is 70.4 Å². The molecular formula is C50H34N2S. The van der Waals surface area contributed by atoms with Gasteiger partial charge in [0.1, 0.15) is 0 Å². The number of nitrogens with zero attached hydrogens (tertiary/aromatic N) is 2. The lowest BCUT2D eigenvalue weighted by atomic mass is 9.74. The van der Waals surface area contributed by atoms with Crippen LogP contribution in [0.2, 0.25) is 0 Å². The van der Waals surface area contributed by atoms with Crippen molar-refractivity contribution in [1.29, 1.82) is 0 Å². The summed E-state index contributed by atoms with van der Waals surface area (Å²) >= 11 is 1.87. The molecule has 2 nitrogen and oxygen atoms in total. The number of fused-ring (bicyclic) bond motifs is 9. The minimum Gasteiger partial charge on any atom is -0.310 e. The maximum Gasteiger partial charge on any atom is 0.0542 e. The normalized spacial score (nSPS) is 13.2. The number of hydrogen-bond donors (Lipinski definition) is 0. The van der Waals surface area contributed by atoms with Crippen LogP contribution in [0.25, 0.3) is 58.8 Å². The highest BCUT2D eigenvalue weighted by atomic mass is 32.1. The van der Waals surface area contributed by atoms with Gasteiger partial charge in [0.25, 0.3) is 0 Å². The third-order valence-electron chi connectivity index (χ3n) is 11.5. The maximum absolute atomic E-state index is 2.46. The van der Waals surface area contributed by atoms with E-state index in [1.165, 1.54) is 69.8 Å². The molecule has 0 amide bonds. The molecule has 0 saturated heterocycles. The summed E-state index contributed by atoms with van der Waals surface area (Å²) in [6.45, 7) is 2.40. The lowest BCUT2D eigenvalue weighted by Gasteiger charge is -2.31. The van der Waals surface area contributed by atoms with E-state index in [4.69, 9.17) is 0 Å². The van der Waals surface area contributed by atoms with Crippen molar-refractivity contribution in [3.05, 3.63) is 205 Å². The molecule has 0 bridgehead atoms. The minimum absolute atomic E-state index is 0.294. The van der Waals surface area contributed by atoms with E-state index in [0.29, 0.717) is 0 Å². The Kier molecular flexibility index (Phi) is 6.58. The third kappa shape index (κ3) is 4.44. The molecular weight excluding hydrogens is 661 g/mol. The van der Waals surface area contributed by atoms with Gasteiger partial charge in [-0.1, -0.05) is 121 Å². The number of thiophene rings is 1. The molecule has 0 fully saturated rings. The summed E-state index contributed by atoms with van der Waals surface area (Å²) in [6, 6.07) is 69.3. The first-order chi connectivity index (χ1) is 26.2. The van der Waals surface area contributed by atoms with E-state index >= 15 is 0 Å². The van der Waals surface area contributed by atoms with Gasteiger partial charge in [0.15, 0.2) is 0 Å². The monoisotopic (exact) mass is 694 g/mol. The molecule has 8 aromatic carbocycles. The molecule has 3 heteroatoms. The average molecular weight is 695 g/mol. The molecule has 10 aromatic rings. The van der Waals surface area contributed by atoms with Crippen molar-refractivity contribution in [2.45, 2.75) is 12.3 Å². The molecule has 0 aliphatic heterocycles. The van der Waals surface area contributed by atoms with Crippen molar-refractivity contribution < 1.29 is 0 Å². The Balaban J connectivity index is 1.15. The van der Waals surface area contributed by atoms with E-state index in [2.05, 4.69) is 204 Å². The molecule has 1 aliphatic rings. The molecule has 11 rings (SSSR count). The topological polar surface area (TPSA) is 8.17 Å². The van der Waals surface area contributed by atoms with Gasteiger partial charge >= 0.3 is 0 Å². The summed E-state index contributed by atoms with van der Waals surface area (Å²) in [5.74, 6) is 0. The highest BCUT2D eigenvalue weighted by Gasteiger charge is 2.40. The number of aromatic nitrogens is 1. The molecule has 0 unspecified atom stereocenters. The summed E-state index contributed by atoms with van der Waals surface area (Å²) in [6.07, 6.45) is 0. The van der Waals surface area contributed by atoms with Gasteiger partial charge in [-0.25, -0.2) is 0 Å². The van der Waals surface area contributed by atoms with Gasteiger partial charge in [-0.2, -0.15) is 0 Å². The van der Waals surface area contributed by atoms with Crippen LogP contribution in [0.3, 0.4) is 0 Å². The first-order valence-electron chi connectivity index (χ1n) is 18.3. The summed E-state index contributed by atoms with van der Waals surface area (Å²) in [4.78, 5) is 2.46. The minimum atomic E-state index is -0.294. The van der Waals surface area contributed by atoms with Gasteiger partial charge in [-0.15, -0.1) is 11.3 Å². The van der Waals surface area contributed by atoms with Gasteiger partial charge in [-0.05, 0) is 101 Å². The van der Waals surface area contributed by atoms with Crippen LogP contribution in [0.5, 0.6) is 0 Å². The van der Waals surface area contributed by atoms with Crippen LogP contribution in [-0.2, 0) is 5.41 Å². The largest absolute Gasteiger partial charge is 0.310 e. The predicted octanol–water partition coefficient (Wildman–Crippen LogP) is 14.0. The lowest BCUT2D eigenvalue weighted by Crippen LogP contribution is -2.23. The summed E-state index contributed by atoms with van der Waals surface area (Å²) in [7, 11) is 0. The Morgan fingerprint density at radius 2 is 1.04 bits per heavy atom. The molecule has 0 N–H and O–H groups in total. The van der Waals surface area contributed by atoms with E-state index in [-0.39, 0.29) is 5.41 Å². The first kappa shape index (κ1) is 30.2. The molecule has 53 heavy (non-hydrogen) atoms. The van der Waals surface area contributed by atoms with Crippen molar-refractivity contribution in [2.24, 2.45) is 0 Å². The first-order valence-corrected chi connectivity index (χ1v) is 19.1. The second kappa shape index (κ2) is 11.5. The number of para-hydroxylation sites is 2. The van der Waals surface area contributed by atoms with E-state index in [9.17, 15) is 0 Å². The zero-order valence-corrected chi connectivity index (χ0v) is 30.0. The van der Waals surface area contributed by atoms with E-state index < -0.39 is 0 Å². The van der Waals surface area contributed by atoms with Crippen molar-refractivity contribution in [1.82, 2.24) is 4.57 Å². The Morgan fingerprint density at radius 1 is 0.434 bits per heavy atom. The fourth-order valence-electron chi connectivity index (χ4n) is 8.98. The smallest absolute Gasteiger partial charge is 0.0542 e. The van der Waals surface area contributed by atoms with E-state index in [1.54, 1.807) is 0 Å². The number of anilines is 3. The van der Waals surface area contributed by atoms with Gasteiger partial charge in [0.05, 0.1) is 11.0 Å². The van der Waals surface area contributed by atoms with Crippen molar-refractivity contribution in [3.8, 4) is 16.8 Å². The third-order valence-corrected chi connectivity index (χ3v) is 12.6. The molecule has 2 aromatic heterocycles. The summed E-state index contributed by atoms with van der Waals surface area (Å²) < 4.78 is 4.99. The molecule has 0 radical (unpaired) electrons. The summed E-state index contributed by atoms with van der Waals surface area (Å²) in [5.41, 5.74) is 13.3. The van der Waals surface area contributed by atoms with Gasteiger partial charge in [0.2, 0.25) is 0 Å². The molecule has 0 spiro atoms. The summed E-state index contributed by atoms with van der Waals surface area (Å²) in [5, 5.41) is 5.09. The lowest BCUT2D eigenvalue weighted by molar-refractivity contribution is 0.714. The Bertz CT molecular complexity index is 2990. The average Bonchev–Trinajstić information content (AvgIpc) is 3.85. The fraction of sp³-hybridized carbons (Fsp3) is 0.0400. The van der Waals surface area contributed by atoms with Gasteiger partial charge in [0, 0.05) is 59.1 Å². The van der Waals surface area contributed by atoms with Gasteiger partial charge in [-0.3, -0.25) is 0 Å². The number of rotatable bonds is 5. The molecule has 0 saturated carbocycles. The molecule has 0 atom stereocenters. The van der Waals surface area contributed by atoms with Crippen LogP contribution in [0.1, 0.15) is 23.6 Å². The van der Waals surface area contributed by atoms with Crippen LogP contribution in [0.15, 0.2) is 188 Å². The predicted molar refractivity (Wildman–Crippen MR) is 226 cm³/mol. The van der Waals surface area contributed by atoms with Crippen LogP contribution in [0.4, 0.5) is 17.1 Å². The Morgan fingerprint density at radius 3 is 1.85 bits per heavy atom. The number of benzene rings is 8. The standard InChI is InChI=1S/C50H34N2S/c1-50(44-22-9-5-18-38(44)39-19-6-10-23-45(39)50)33-14-13-17-35(30-33)51(37-26-28-42-41-21-8-12-25-48(41)53-49(42)32-37)36-27-29-47-43(31-36)40-20-7-11-24-46(40)52(47)34-15-3-2-4-16-34/h2-32H,1H3. The quantitative estimate of drug-likeness (QED) is 0.174. The highest BCUT2D eigenvalue weighted by molar-refractivity contribution is 7.25. The second-order valence-electron chi connectivity index (χ2n) is 14.3. The fourth-order valence-corrected chi connectivity index (χ4v) is 10.1. The highest BCUT2D eigenvalue weighted by Crippen LogP contribution is 2.53. The maximum atomic E-state index is 2.46. The van der Waals surface area contributed by atoms with Crippen LogP contribution in [0, 0.1) is 0 Å². The molecule has 1 aliphatic carbocycles. The molecule has 250 valence electrons. The van der Waals surface area contributed by atoms with E-state index in [1.807, 2.05) is 11.3 Å². The number of hydrogen-bond acceptors (Lipinski definition) is 2. The van der Waals surface area contributed by atoms with Crippen LogP contribution in [-0.4, -0.2) is 4.57 Å². The van der Waals surface area contributed by atoms with Crippen LogP contribution >= 0.6 is 11.3 Å². The van der Waals surface area contributed by atoms with Crippen molar-refractivity contribution in [3.63, 3.8) is 0 Å². The van der Waals surface area contributed by atoms with Crippen LogP contribution < -0.4 is 4.90 Å². The molecule has 2 heterocycles.